The summed E-state index contributed by atoms with van der Waals surface area (Å²) >= 11 is 0. The second kappa shape index (κ2) is 11.6. The number of nitrogens with zero attached hydrogens (tertiary/aromatic N) is 5. The van der Waals surface area contributed by atoms with E-state index in [2.05, 4.69) is 25.9 Å². The number of hydrogen-bond acceptors (Lipinski definition) is 7. The van der Waals surface area contributed by atoms with Gasteiger partial charge in [-0.2, -0.15) is 4.98 Å². The number of amides is 3. The van der Waals surface area contributed by atoms with E-state index in [-0.39, 0.29) is 24.2 Å². The highest BCUT2D eigenvalue weighted by Gasteiger charge is 2.34. The Morgan fingerprint density at radius 2 is 1.80 bits per heavy atom. The van der Waals surface area contributed by atoms with Crippen LogP contribution in [0.4, 0.5) is 36.7 Å². The van der Waals surface area contributed by atoms with Crippen LogP contribution in [0.2, 0.25) is 0 Å². The van der Waals surface area contributed by atoms with Gasteiger partial charge in [0.1, 0.15) is 17.3 Å². The van der Waals surface area contributed by atoms with Crippen LogP contribution < -0.4 is 20.9 Å². The number of carbonyl (C=O) groups is 2. The number of aryl methyl sites for hydroxylation is 1. The normalized spacial score (nSPS) is 12.6. The summed E-state index contributed by atoms with van der Waals surface area (Å²) in [6, 6.07) is 11.2. The molecule has 210 valence electrons. The van der Waals surface area contributed by atoms with Gasteiger partial charge in [-0.15, -0.1) is 0 Å². The predicted molar refractivity (Wildman–Crippen MR) is 152 cm³/mol. The summed E-state index contributed by atoms with van der Waals surface area (Å²) in [7, 11) is 3.83. The van der Waals surface area contributed by atoms with Gasteiger partial charge in [-0.05, 0) is 63.0 Å². The Hall–Kier alpha value is -4.97. The lowest BCUT2D eigenvalue weighted by atomic mass is 9.97. The number of para-hydroxylation sites is 1. The molecule has 1 aliphatic rings. The van der Waals surface area contributed by atoms with Crippen LogP contribution in [0.15, 0.2) is 60.9 Å². The van der Waals surface area contributed by atoms with E-state index in [1.165, 1.54) is 6.07 Å². The summed E-state index contributed by atoms with van der Waals surface area (Å²) < 4.78 is 29.9. The van der Waals surface area contributed by atoms with Crippen LogP contribution in [0.1, 0.15) is 21.5 Å². The molecule has 0 fully saturated rings. The van der Waals surface area contributed by atoms with Crippen molar-refractivity contribution in [2.75, 3.05) is 42.7 Å². The minimum absolute atomic E-state index is 0.0148. The van der Waals surface area contributed by atoms with Gasteiger partial charge in [0.2, 0.25) is 5.95 Å². The lowest BCUT2D eigenvalue weighted by molar-refractivity contribution is 0.102. The molecule has 2 aromatic heterocycles. The van der Waals surface area contributed by atoms with E-state index in [4.69, 9.17) is 4.98 Å². The molecule has 0 radical (unpaired) electrons. The summed E-state index contributed by atoms with van der Waals surface area (Å²) in [6.07, 6.45) is 3.15. The monoisotopic (exact) mass is 558 g/mol. The molecule has 5 rings (SSSR count). The van der Waals surface area contributed by atoms with Gasteiger partial charge in [0.15, 0.2) is 5.82 Å². The molecule has 2 aromatic carbocycles. The fraction of sp³-hybridized carbons (Fsp3) is 0.207. The maximum atomic E-state index is 14.9. The van der Waals surface area contributed by atoms with Crippen molar-refractivity contribution >= 4 is 35.1 Å². The molecule has 0 spiro atoms. The smallest absolute Gasteiger partial charge is 0.328 e. The van der Waals surface area contributed by atoms with Gasteiger partial charge in [-0.1, -0.05) is 12.1 Å². The molecule has 0 aliphatic carbocycles. The van der Waals surface area contributed by atoms with Gasteiger partial charge in [0, 0.05) is 47.9 Å². The number of urea groups is 1. The SMILES string of the molecule is Cc1ccc(C(=O)Nc2ccncc2)cc1-c1nc(NCCN(C)C)nc2c1CNC(=O)N2c1c(F)cccc1F. The highest BCUT2D eigenvalue weighted by atomic mass is 19.1. The third-order valence-electron chi connectivity index (χ3n) is 6.51. The van der Waals surface area contributed by atoms with Crippen molar-refractivity contribution in [1.29, 1.82) is 0 Å². The number of aromatic nitrogens is 3. The number of hydrogen-bond donors (Lipinski definition) is 3. The molecular weight excluding hydrogens is 530 g/mol. The number of rotatable bonds is 8. The second-order valence-electron chi connectivity index (χ2n) is 9.71. The number of halogens is 2. The maximum Gasteiger partial charge on any atom is 0.328 e. The Kier molecular flexibility index (Phi) is 7.83. The van der Waals surface area contributed by atoms with E-state index in [1.807, 2.05) is 25.9 Å². The molecule has 3 N–H and O–H groups in total. The highest BCUT2D eigenvalue weighted by molar-refractivity contribution is 6.05. The molecule has 1 aliphatic heterocycles. The Balaban J connectivity index is 1.64. The van der Waals surface area contributed by atoms with Crippen LogP contribution in [-0.4, -0.2) is 59.0 Å². The van der Waals surface area contributed by atoms with Gasteiger partial charge in [0.05, 0.1) is 12.2 Å². The Labute approximate surface area is 235 Å². The standard InChI is InChI=1S/C29H28F2N8O2/c1-17-7-8-18(27(40)35-19-9-11-32-12-10-19)15-20(17)24-21-16-34-29(41)39(25-22(30)5-4-6-23(25)31)26(21)37-28(36-24)33-13-14-38(2)3/h4-12,15H,13-14,16H2,1-3H3,(H,34,41)(H,32,35,40)(H,33,36,37). The van der Waals surface area contributed by atoms with Gasteiger partial charge >= 0.3 is 6.03 Å². The van der Waals surface area contributed by atoms with E-state index in [0.29, 0.717) is 41.2 Å². The average Bonchev–Trinajstić information content (AvgIpc) is 2.94. The van der Waals surface area contributed by atoms with Crippen LogP contribution in [0.3, 0.4) is 0 Å². The number of likely N-dealkylation sites (N-methyl/N-ethyl adjacent to an activating group) is 1. The van der Waals surface area contributed by atoms with Crippen LogP contribution >= 0.6 is 0 Å². The molecular formula is C29H28F2N8O2. The van der Waals surface area contributed by atoms with Crippen molar-refractivity contribution in [3.63, 3.8) is 0 Å². The topological polar surface area (TPSA) is 115 Å². The first kappa shape index (κ1) is 27.6. The lowest BCUT2D eigenvalue weighted by Crippen LogP contribution is -2.43. The number of carbonyl (C=O) groups excluding carboxylic acids is 2. The zero-order valence-electron chi connectivity index (χ0n) is 22.7. The molecule has 0 atom stereocenters. The molecule has 0 bridgehead atoms. The van der Waals surface area contributed by atoms with Crippen LogP contribution in [0.25, 0.3) is 11.3 Å². The van der Waals surface area contributed by atoms with Crippen molar-refractivity contribution < 1.29 is 18.4 Å². The first-order chi connectivity index (χ1) is 19.7. The first-order valence-corrected chi connectivity index (χ1v) is 12.9. The van der Waals surface area contributed by atoms with Crippen molar-refractivity contribution in [1.82, 2.24) is 25.2 Å². The molecule has 10 nitrogen and oxygen atoms in total. The highest BCUT2D eigenvalue weighted by Crippen LogP contribution is 2.39. The van der Waals surface area contributed by atoms with Crippen molar-refractivity contribution in [2.45, 2.75) is 13.5 Å². The third-order valence-corrected chi connectivity index (χ3v) is 6.51. The Bertz CT molecular complexity index is 1590. The average molecular weight is 559 g/mol. The van der Waals surface area contributed by atoms with E-state index in [0.717, 1.165) is 22.6 Å². The largest absolute Gasteiger partial charge is 0.353 e. The van der Waals surface area contributed by atoms with Crippen LogP contribution in [0, 0.1) is 18.6 Å². The van der Waals surface area contributed by atoms with E-state index in [1.54, 1.807) is 42.7 Å². The van der Waals surface area contributed by atoms with Crippen molar-refractivity contribution in [3.05, 3.63) is 89.2 Å². The quantitative estimate of drug-likeness (QED) is 0.287. The molecule has 0 saturated carbocycles. The summed E-state index contributed by atoms with van der Waals surface area (Å²) in [5, 5.41) is 8.66. The zero-order chi connectivity index (χ0) is 29.1. The molecule has 41 heavy (non-hydrogen) atoms. The Morgan fingerprint density at radius 1 is 1.07 bits per heavy atom. The molecule has 0 saturated heterocycles. The minimum Gasteiger partial charge on any atom is -0.353 e. The van der Waals surface area contributed by atoms with Gasteiger partial charge in [-0.3, -0.25) is 9.78 Å². The number of nitrogens with one attached hydrogen (secondary N) is 3. The van der Waals surface area contributed by atoms with E-state index in [9.17, 15) is 18.4 Å². The Morgan fingerprint density at radius 3 is 2.51 bits per heavy atom. The first-order valence-electron chi connectivity index (χ1n) is 12.9. The predicted octanol–water partition coefficient (Wildman–Crippen LogP) is 4.71. The third kappa shape index (κ3) is 5.82. The van der Waals surface area contributed by atoms with E-state index >= 15 is 0 Å². The molecule has 3 amide bonds. The summed E-state index contributed by atoms with van der Waals surface area (Å²) in [5.74, 6) is -1.96. The van der Waals surface area contributed by atoms with Crippen molar-refractivity contribution in [2.24, 2.45) is 0 Å². The number of fused-ring (bicyclic) bond motifs is 1. The molecule has 4 aromatic rings. The zero-order valence-corrected chi connectivity index (χ0v) is 22.7. The fourth-order valence-corrected chi connectivity index (χ4v) is 4.42. The second-order valence-corrected chi connectivity index (χ2v) is 9.71. The van der Waals surface area contributed by atoms with Crippen molar-refractivity contribution in [3.8, 4) is 11.3 Å². The van der Waals surface area contributed by atoms with Gasteiger partial charge in [0.25, 0.3) is 5.91 Å². The van der Waals surface area contributed by atoms with Crippen LogP contribution in [0.5, 0.6) is 0 Å². The summed E-state index contributed by atoms with van der Waals surface area (Å²) in [6.45, 7) is 3.01. The minimum atomic E-state index is -0.916. The maximum absolute atomic E-state index is 14.9. The number of benzene rings is 2. The van der Waals surface area contributed by atoms with Crippen LogP contribution in [-0.2, 0) is 6.54 Å². The number of pyridine rings is 1. The molecule has 3 heterocycles. The van der Waals surface area contributed by atoms with Gasteiger partial charge < -0.3 is 20.9 Å². The summed E-state index contributed by atoms with van der Waals surface area (Å²) in [4.78, 5) is 42.2. The molecule has 12 heteroatoms. The van der Waals surface area contributed by atoms with E-state index < -0.39 is 23.4 Å². The lowest BCUT2D eigenvalue weighted by Gasteiger charge is -2.31. The van der Waals surface area contributed by atoms with Gasteiger partial charge in [-0.25, -0.2) is 23.5 Å². The number of anilines is 4. The molecule has 0 unspecified atom stereocenters. The summed E-state index contributed by atoms with van der Waals surface area (Å²) in [5.41, 5.74) is 2.67. The fourth-order valence-electron chi connectivity index (χ4n) is 4.42.